The van der Waals surface area contributed by atoms with Gasteiger partial charge in [-0.25, -0.2) is 0 Å². The van der Waals surface area contributed by atoms with E-state index in [2.05, 4.69) is 142 Å². The Labute approximate surface area is 441 Å². The normalized spacial score (nSPS) is 19.2. The molecule has 1 N–H and O–H groups in total. The van der Waals surface area contributed by atoms with E-state index in [1.165, 1.54) is 15.0 Å². The van der Waals surface area contributed by atoms with Gasteiger partial charge in [0.2, 0.25) is 5.91 Å². The van der Waals surface area contributed by atoms with Gasteiger partial charge in [-0.15, -0.1) is 11.3 Å². The van der Waals surface area contributed by atoms with Gasteiger partial charge in [-0.3, -0.25) is 14.6 Å². The van der Waals surface area contributed by atoms with Crippen molar-refractivity contribution in [1.29, 1.82) is 0 Å². The largest absolute Gasteiger partial charge is 0.461 e. The van der Waals surface area contributed by atoms with Crippen LogP contribution in [0.2, 0.25) is 54.4 Å². The van der Waals surface area contributed by atoms with Crippen molar-refractivity contribution in [3.63, 3.8) is 0 Å². The number of aromatic nitrogens is 1. The zero-order valence-corrected chi connectivity index (χ0v) is 50.8. The van der Waals surface area contributed by atoms with Crippen LogP contribution in [0, 0.1) is 11.8 Å². The molecular formula is C60H90N2O6SSi3. The molecule has 0 radical (unpaired) electrons. The van der Waals surface area contributed by atoms with Gasteiger partial charge in [-0.1, -0.05) is 130 Å². The van der Waals surface area contributed by atoms with Crippen LogP contribution in [-0.2, 0) is 34.2 Å². The number of hydrogen-bond acceptors (Lipinski definition) is 8. The second kappa shape index (κ2) is 23.6. The van der Waals surface area contributed by atoms with E-state index in [-0.39, 0.29) is 57.8 Å². The van der Waals surface area contributed by atoms with Gasteiger partial charge < -0.3 is 23.3 Å². The average molecular weight is 1050 g/mol. The highest BCUT2D eigenvalue weighted by atomic mass is 32.1. The predicted octanol–water partition coefficient (Wildman–Crippen LogP) is 17.5. The smallest absolute Gasteiger partial charge is 0.306 e. The lowest BCUT2D eigenvalue weighted by Gasteiger charge is -2.41. The third-order valence-electron chi connectivity index (χ3n) is 17.1. The van der Waals surface area contributed by atoms with Crippen molar-refractivity contribution in [3.8, 4) is 0 Å². The molecule has 1 amide bonds. The molecular weight excluding hydrogens is 961 g/mol. The molecule has 3 aromatic carbocycles. The van der Waals surface area contributed by atoms with Crippen LogP contribution in [0.3, 0.4) is 0 Å². The summed E-state index contributed by atoms with van der Waals surface area (Å²) >= 11 is 1.90. The van der Waals surface area contributed by atoms with Crippen LogP contribution in [0.5, 0.6) is 0 Å². The number of rotatable bonds is 22. The standard InChI is InChI=1S/C60H90N2O6SSi3/c1-42(57(64)62-48-32-31-47-40-61-36-35-45(47)37-48)44-29-27-43(28-30-44)41-65-56(63)26-20-18-17-19-24-49-50(53(68-72(15,16)60(8,9)10)39-52(49)67-71(13,14)59(5,6)7)33-34-51(66-70(11,12)58(2,3)4)55-38-46-23-21-22-25-54(46)69-55/h21-23,25,27-32,35-38,40,42,49-53H,17-20,24,26,33-34,39,41H2,1-16H3,(H,62,64)/t42?,49-,50-,51-,52+,53-/m1/s1. The highest BCUT2D eigenvalue weighted by Gasteiger charge is 2.51. The monoisotopic (exact) mass is 1050 g/mol. The molecule has 394 valence electrons. The number of fused-ring (bicyclic) bond motifs is 2. The third kappa shape index (κ3) is 14.9. The molecule has 1 fully saturated rings. The van der Waals surface area contributed by atoms with Crippen LogP contribution in [0.25, 0.3) is 20.9 Å². The lowest BCUT2D eigenvalue weighted by molar-refractivity contribution is -0.145. The van der Waals surface area contributed by atoms with Crippen molar-refractivity contribution in [3.05, 3.63) is 107 Å². The van der Waals surface area contributed by atoms with Gasteiger partial charge in [0.25, 0.3) is 0 Å². The summed E-state index contributed by atoms with van der Waals surface area (Å²) in [6.45, 7) is 37.8. The van der Waals surface area contributed by atoms with Crippen molar-refractivity contribution in [2.75, 3.05) is 5.32 Å². The Balaban J connectivity index is 1.08. The summed E-state index contributed by atoms with van der Waals surface area (Å²) in [5.74, 6) is 0.131. The van der Waals surface area contributed by atoms with E-state index in [1.54, 1.807) is 6.20 Å². The first kappa shape index (κ1) is 57.8. The van der Waals surface area contributed by atoms with Gasteiger partial charge >= 0.3 is 5.97 Å². The van der Waals surface area contributed by atoms with Crippen molar-refractivity contribution < 1.29 is 27.6 Å². The minimum absolute atomic E-state index is 0.0273. The van der Waals surface area contributed by atoms with Crippen LogP contribution in [-0.4, -0.2) is 54.0 Å². The highest BCUT2D eigenvalue weighted by molar-refractivity contribution is 7.19. The number of pyridine rings is 1. The van der Waals surface area contributed by atoms with Crippen LogP contribution in [0.1, 0.15) is 155 Å². The number of nitrogens with one attached hydrogen (secondary N) is 1. The molecule has 1 saturated carbocycles. The number of anilines is 1. The first-order valence-corrected chi connectivity index (χ1v) is 36.5. The highest BCUT2D eigenvalue weighted by Crippen LogP contribution is 2.51. The molecule has 0 saturated heterocycles. The number of carbonyl (C=O) groups excluding carboxylic acids is 2. The Morgan fingerprint density at radius 3 is 1.93 bits per heavy atom. The molecule has 1 aliphatic carbocycles. The zero-order chi connectivity index (χ0) is 52.9. The maximum atomic E-state index is 13.2. The fraction of sp³-hybridized carbons (Fsp3) is 0.583. The van der Waals surface area contributed by atoms with Gasteiger partial charge in [-0.2, -0.15) is 0 Å². The Morgan fingerprint density at radius 1 is 0.694 bits per heavy atom. The van der Waals surface area contributed by atoms with E-state index in [4.69, 9.17) is 18.0 Å². The van der Waals surface area contributed by atoms with Crippen molar-refractivity contribution in [1.82, 2.24) is 4.98 Å². The minimum atomic E-state index is -2.12. The summed E-state index contributed by atoms with van der Waals surface area (Å²) in [6.07, 6.45) is 12.2. The Kier molecular flexibility index (Phi) is 18.9. The molecule has 2 aromatic heterocycles. The molecule has 5 aromatic rings. The van der Waals surface area contributed by atoms with Gasteiger partial charge in [0.15, 0.2) is 25.0 Å². The summed E-state index contributed by atoms with van der Waals surface area (Å²) in [5.41, 5.74) is 2.56. The SMILES string of the molecule is CC(C(=O)Nc1ccc2cnccc2c1)c1ccc(COC(=O)CCCCCC[C@@H]2[C@@H](CC[C@@H](O[Si](C)(C)C(C)(C)C)c3cc4ccccc4s3)[C@H](O[Si](C)(C)C(C)(C)C)C[C@@H]2O[Si](C)(C)C(C)(C)C)cc1. The van der Waals surface area contributed by atoms with Gasteiger partial charge in [0.05, 0.1) is 24.2 Å². The quantitative estimate of drug-likeness (QED) is 0.0419. The fourth-order valence-corrected chi connectivity index (χ4v) is 14.6. The number of hydrogen-bond donors (Lipinski definition) is 1. The third-order valence-corrected chi connectivity index (χ3v) is 31.8. The number of thiophene rings is 1. The van der Waals surface area contributed by atoms with E-state index in [0.29, 0.717) is 18.3 Å². The van der Waals surface area contributed by atoms with Gasteiger partial charge in [0, 0.05) is 39.5 Å². The number of unbranched alkanes of at least 4 members (excludes halogenated alkanes) is 3. The maximum absolute atomic E-state index is 13.2. The molecule has 1 unspecified atom stereocenters. The first-order valence-electron chi connectivity index (χ1n) is 27.0. The van der Waals surface area contributed by atoms with Crippen LogP contribution in [0.15, 0.2) is 91.3 Å². The number of benzene rings is 3. The lowest BCUT2D eigenvalue weighted by Crippen LogP contribution is -2.45. The molecule has 0 aliphatic heterocycles. The van der Waals surface area contributed by atoms with Crippen LogP contribution >= 0.6 is 11.3 Å². The first-order chi connectivity index (χ1) is 33.5. The number of nitrogens with zero attached hydrogens (tertiary/aromatic N) is 1. The van der Waals surface area contributed by atoms with Crippen molar-refractivity contribution in [2.45, 2.75) is 212 Å². The van der Waals surface area contributed by atoms with Crippen molar-refractivity contribution in [2.24, 2.45) is 11.8 Å². The van der Waals surface area contributed by atoms with E-state index >= 15 is 0 Å². The topological polar surface area (TPSA) is 96.0 Å². The van der Waals surface area contributed by atoms with E-state index < -0.39 is 25.0 Å². The summed E-state index contributed by atoms with van der Waals surface area (Å²) < 4.78 is 29.5. The molecule has 6 atom stereocenters. The predicted molar refractivity (Wildman–Crippen MR) is 311 cm³/mol. The average Bonchev–Trinajstić information content (AvgIpc) is 3.86. The molecule has 12 heteroatoms. The van der Waals surface area contributed by atoms with E-state index in [1.807, 2.05) is 73.0 Å². The second-order valence-corrected chi connectivity index (χ2v) is 40.9. The molecule has 1 aliphatic rings. The Hall–Kier alpha value is -3.50. The van der Waals surface area contributed by atoms with Crippen LogP contribution in [0.4, 0.5) is 5.69 Å². The number of carbonyl (C=O) groups is 2. The molecule has 0 bridgehead atoms. The number of ether oxygens (including phenoxy) is 1. The summed E-state index contributed by atoms with van der Waals surface area (Å²) in [7, 11) is -6.33. The molecule has 6 rings (SSSR count). The van der Waals surface area contributed by atoms with E-state index in [9.17, 15) is 9.59 Å². The van der Waals surface area contributed by atoms with Crippen LogP contribution < -0.4 is 5.32 Å². The summed E-state index contributed by atoms with van der Waals surface area (Å²) in [4.78, 5) is 31.7. The second-order valence-electron chi connectivity index (χ2n) is 25.5. The van der Waals surface area contributed by atoms with Gasteiger partial charge in [-0.05, 0) is 157 Å². The van der Waals surface area contributed by atoms with E-state index in [0.717, 1.165) is 79.0 Å². The minimum Gasteiger partial charge on any atom is -0.461 e. The number of esters is 1. The number of amides is 1. The summed E-state index contributed by atoms with van der Waals surface area (Å²) in [5, 5.41) is 6.69. The Bertz CT molecular complexity index is 2540. The maximum Gasteiger partial charge on any atom is 0.306 e. The zero-order valence-electron chi connectivity index (χ0n) is 47.0. The molecule has 0 spiro atoms. The molecule has 8 nitrogen and oxygen atoms in total. The lowest BCUT2D eigenvalue weighted by atomic mass is 9.84. The Morgan fingerprint density at radius 2 is 1.31 bits per heavy atom. The van der Waals surface area contributed by atoms with Crippen molar-refractivity contribution >= 4 is 74.7 Å². The molecule has 2 heterocycles. The fourth-order valence-electron chi connectivity index (χ4n) is 9.31. The summed E-state index contributed by atoms with van der Waals surface area (Å²) in [6, 6.07) is 26.7. The molecule has 72 heavy (non-hydrogen) atoms. The van der Waals surface area contributed by atoms with Gasteiger partial charge in [0.1, 0.15) is 6.61 Å².